The second-order valence-corrected chi connectivity index (χ2v) is 9.12. The number of nitrogens with one attached hydrogen (secondary N) is 1. The highest BCUT2D eigenvalue weighted by atomic mass is 16.5. The van der Waals surface area contributed by atoms with E-state index in [2.05, 4.69) is 41.9 Å². The molecule has 0 spiro atoms. The fraction of sp³-hybridized carbons (Fsp3) is 0.577. The molecule has 1 amide bonds. The minimum absolute atomic E-state index is 0.0850. The number of nitrogens with zero attached hydrogens (tertiary/aromatic N) is 1. The normalized spacial score (nSPS) is 17.6. The summed E-state index contributed by atoms with van der Waals surface area (Å²) in [6.07, 6.45) is 11.0. The molecule has 0 unspecified atom stereocenters. The van der Waals surface area contributed by atoms with E-state index in [4.69, 9.17) is 4.74 Å². The van der Waals surface area contributed by atoms with Crippen molar-refractivity contribution in [2.75, 3.05) is 7.11 Å². The summed E-state index contributed by atoms with van der Waals surface area (Å²) in [6, 6.07) is 8.81. The monoisotopic (exact) mass is 408 g/mol. The van der Waals surface area contributed by atoms with Gasteiger partial charge in [0.05, 0.1) is 12.7 Å². The Labute approximate surface area is 181 Å². The molecule has 0 atom stereocenters. The molecular formula is C26H36N2O2. The van der Waals surface area contributed by atoms with E-state index in [1.165, 1.54) is 49.7 Å². The predicted molar refractivity (Wildman–Crippen MR) is 122 cm³/mol. The molecule has 0 bridgehead atoms. The number of methoxy groups -OCH3 is 1. The molecule has 4 nitrogen and oxygen atoms in total. The Morgan fingerprint density at radius 1 is 1.10 bits per heavy atom. The lowest BCUT2D eigenvalue weighted by Gasteiger charge is -2.26. The second kappa shape index (κ2) is 9.28. The third kappa shape index (κ3) is 4.28. The average molecular weight is 409 g/mol. The van der Waals surface area contributed by atoms with Crippen molar-refractivity contribution in [1.82, 2.24) is 9.88 Å². The quantitative estimate of drug-likeness (QED) is 0.620. The van der Waals surface area contributed by atoms with Crippen molar-refractivity contribution in [2.45, 2.75) is 84.2 Å². The smallest absolute Gasteiger partial charge is 0.253 e. The molecule has 1 heterocycles. The summed E-state index contributed by atoms with van der Waals surface area (Å²) in [5.74, 6) is 1.65. The Hall–Kier alpha value is -2.23. The number of ether oxygens (including phenoxy) is 1. The van der Waals surface area contributed by atoms with E-state index in [1.54, 1.807) is 7.11 Å². The molecule has 30 heavy (non-hydrogen) atoms. The molecule has 162 valence electrons. The molecule has 2 fully saturated rings. The van der Waals surface area contributed by atoms with Crippen LogP contribution in [0.5, 0.6) is 5.75 Å². The fourth-order valence-electron chi connectivity index (χ4n) is 5.01. The molecule has 4 rings (SSSR count). The van der Waals surface area contributed by atoms with Gasteiger partial charge in [-0.15, -0.1) is 0 Å². The molecule has 4 heteroatoms. The number of aryl methyl sites for hydroxylation is 1. The van der Waals surface area contributed by atoms with Crippen LogP contribution in [0.4, 0.5) is 0 Å². The first-order chi connectivity index (χ1) is 14.6. The van der Waals surface area contributed by atoms with E-state index >= 15 is 0 Å². The maximum atomic E-state index is 13.1. The lowest BCUT2D eigenvalue weighted by atomic mass is 9.89. The minimum Gasteiger partial charge on any atom is -0.497 e. The van der Waals surface area contributed by atoms with E-state index in [9.17, 15) is 4.79 Å². The molecule has 1 N–H and O–H groups in total. The number of aromatic nitrogens is 1. The van der Waals surface area contributed by atoms with Crippen molar-refractivity contribution >= 4 is 5.91 Å². The maximum Gasteiger partial charge on any atom is 0.253 e. The number of rotatable bonds is 7. The van der Waals surface area contributed by atoms with Gasteiger partial charge in [0.2, 0.25) is 0 Å². The van der Waals surface area contributed by atoms with E-state index in [0.717, 1.165) is 48.5 Å². The van der Waals surface area contributed by atoms with Gasteiger partial charge in [-0.3, -0.25) is 4.79 Å². The highest BCUT2D eigenvalue weighted by Crippen LogP contribution is 2.35. The Bertz CT molecular complexity index is 889. The van der Waals surface area contributed by atoms with E-state index in [-0.39, 0.29) is 5.91 Å². The van der Waals surface area contributed by atoms with Crippen LogP contribution in [0.1, 0.15) is 79.9 Å². The molecular weight excluding hydrogens is 372 g/mol. The Kier molecular flexibility index (Phi) is 6.50. The van der Waals surface area contributed by atoms with Crippen LogP contribution in [0.2, 0.25) is 0 Å². The van der Waals surface area contributed by atoms with Crippen molar-refractivity contribution in [1.29, 1.82) is 0 Å². The Morgan fingerprint density at radius 2 is 1.87 bits per heavy atom. The number of benzene rings is 1. The van der Waals surface area contributed by atoms with Crippen molar-refractivity contribution < 1.29 is 9.53 Å². The van der Waals surface area contributed by atoms with Crippen LogP contribution in [-0.2, 0) is 13.0 Å². The van der Waals surface area contributed by atoms with Gasteiger partial charge in [0, 0.05) is 29.5 Å². The molecule has 0 saturated heterocycles. The molecule has 2 aromatic rings. The highest BCUT2D eigenvalue weighted by molar-refractivity contribution is 5.97. The second-order valence-electron chi connectivity index (χ2n) is 9.12. The molecule has 2 saturated carbocycles. The summed E-state index contributed by atoms with van der Waals surface area (Å²) in [6.45, 7) is 5.31. The van der Waals surface area contributed by atoms with Crippen LogP contribution in [0.15, 0.2) is 24.3 Å². The standard InChI is InChI=1S/C26H36N2O2/c1-4-20-13-14-22(30-3)15-24(20)25-16-23(26(29)27-21-11-8-12-21)18(2)28(25)17-19-9-6-5-7-10-19/h13-16,19,21H,4-12,17H2,1-3H3,(H,27,29). The number of hydrogen-bond acceptors (Lipinski definition) is 2. The number of amides is 1. The zero-order valence-corrected chi connectivity index (χ0v) is 18.8. The SMILES string of the molecule is CCc1ccc(OC)cc1-c1cc(C(=O)NC2CCC2)c(C)n1CC1CCCCC1. The summed E-state index contributed by atoms with van der Waals surface area (Å²) in [5, 5.41) is 3.24. The van der Waals surface area contributed by atoms with Gasteiger partial charge in [-0.1, -0.05) is 32.3 Å². The number of carbonyl (C=O) groups excluding carboxylic acids is 1. The van der Waals surface area contributed by atoms with Gasteiger partial charge in [-0.25, -0.2) is 0 Å². The van der Waals surface area contributed by atoms with Crippen molar-refractivity contribution in [2.24, 2.45) is 5.92 Å². The van der Waals surface area contributed by atoms with Crippen molar-refractivity contribution in [3.8, 4) is 17.0 Å². The summed E-state index contributed by atoms with van der Waals surface area (Å²) in [4.78, 5) is 13.1. The van der Waals surface area contributed by atoms with E-state index in [0.29, 0.717) is 12.0 Å². The maximum absolute atomic E-state index is 13.1. The van der Waals surface area contributed by atoms with Crippen LogP contribution in [-0.4, -0.2) is 23.6 Å². The van der Waals surface area contributed by atoms with Crippen LogP contribution < -0.4 is 10.1 Å². The number of hydrogen-bond donors (Lipinski definition) is 1. The van der Waals surface area contributed by atoms with Crippen LogP contribution in [0.25, 0.3) is 11.3 Å². The molecule has 2 aliphatic rings. The summed E-state index contributed by atoms with van der Waals surface area (Å²) in [5.41, 5.74) is 5.57. The lowest BCUT2D eigenvalue weighted by Crippen LogP contribution is -2.39. The van der Waals surface area contributed by atoms with Crippen molar-refractivity contribution in [3.63, 3.8) is 0 Å². The third-order valence-corrected chi connectivity index (χ3v) is 7.19. The van der Waals surface area contributed by atoms with Gasteiger partial charge in [0.1, 0.15) is 5.75 Å². The largest absolute Gasteiger partial charge is 0.497 e. The third-order valence-electron chi connectivity index (χ3n) is 7.19. The van der Waals surface area contributed by atoms with Crippen LogP contribution >= 0.6 is 0 Å². The zero-order valence-electron chi connectivity index (χ0n) is 18.8. The van der Waals surface area contributed by atoms with Crippen LogP contribution in [0.3, 0.4) is 0 Å². The molecule has 0 aliphatic heterocycles. The molecule has 0 radical (unpaired) electrons. The van der Waals surface area contributed by atoms with E-state index < -0.39 is 0 Å². The molecule has 2 aliphatic carbocycles. The highest BCUT2D eigenvalue weighted by Gasteiger charge is 2.26. The zero-order chi connectivity index (χ0) is 21.1. The fourth-order valence-corrected chi connectivity index (χ4v) is 5.01. The summed E-state index contributed by atoms with van der Waals surface area (Å²) in [7, 11) is 1.72. The van der Waals surface area contributed by atoms with Crippen LogP contribution in [0, 0.1) is 12.8 Å². The first-order valence-corrected chi connectivity index (χ1v) is 11.8. The van der Waals surface area contributed by atoms with Gasteiger partial charge in [-0.2, -0.15) is 0 Å². The van der Waals surface area contributed by atoms with Crippen molar-refractivity contribution in [3.05, 3.63) is 41.1 Å². The molecule has 1 aromatic heterocycles. The average Bonchev–Trinajstić information content (AvgIpc) is 3.07. The predicted octanol–water partition coefficient (Wildman–Crippen LogP) is 5.90. The van der Waals surface area contributed by atoms with Gasteiger partial charge in [0.25, 0.3) is 5.91 Å². The minimum atomic E-state index is 0.0850. The summed E-state index contributed by atoms with van der Waals surface area (Å²) >= 11 is 0. The van der Waals surface area contributed by atoms with Gasteiger partial charge in [0.15, 0.2) is 0 Å². The molecule has 1 aromatic carbocycles. The summed E-state index contributed by atoms with van der Waals surface area (Å²) < 4.78 is 7.95. The van der Waals surface area contributed by atoms with Gasteiger partial charge < -0.3 is 14.6 Å². The first-order valence-electron chi connectivity index (χ1n) is 11.8. The first kappa shape index (κ1) is 21.0. The van der Waals surface area contributed by atoms with Gasteiger partial charge >= 0.3 is 0 Å². The van der Waals surface area contributed by atoms with Gasteiger partial charge in [-0.05, 0) is 75.1 Å². The number of carbonyl (C=O) groups is 1. The topological polar surface area (TPSA) is 43.3 Å². The Morgan fingerprint density at radius 3 is 2.50 bits per heavy atom. The Balaban J connectivity index is 1.75. The van der Waals surface area contributed by atoms with E-state index in [1.807, 2.05) is 6.07 Å². The lowest BCUT2D eigenvalue weighted by molar-refractivity contribution is 0.0916.